The van der Waals surface area contributed by atoms with Crippen LogP contribution in [0.2, 0.25) is 10.0 Å². The number of carboxylic acids is 1. The molecule has 1 aliphatic carbocycles. The third-order valence-corrected chi connectivity index (χ3v) is 8.49. The first-order valence-electron chi connectivity index (χ1n) is 13.7. The van der Waals surface area contributed by atoms with Crippen molar-refractivity contribution in [3.05, 3.63) is 105 Å². The highest BCUT2D eigenvalue weighted by molar-refractivity contribution is 6.47. The maximum absolute atomic E-state index is 14.1. The Balaban J connectivity index is 1.43. The van der Waals surface area contributed by atoms with Gasteiger partial charge in [-0.05, 0) is 80.0 Å². The summed E-state index contributed by atoms with van der Waals surface area (Å²) in [6.45, 7) is 2.03. The van der Waals surface area contributed by atoms with Gasteiger partial charge in [0.2, 0.25) is 0 Å². The molecule has 7 nitrogen and oxygen atoms in total. The van der Waals surface area contributed by atoms with E-state index in [4.69, 9.17) is 33.3 Å². The maximum atomic E-state index is 14.1. The Morgan fingerprint density at radius 3 is 2.27 bits per heavy atom. The molecule has 3 aromatic rings. The van der Waals surface area contributed by atoms with Crippen LogP contribution in [0.1, 0.15) is 78.0 Å². The van der Waals surface area contributed by atoms with E-state index >= 15 is 0 Å². The molecule has 9 heteroatoms. The molecule has 5 rings (SSSR count). The molecule has 1 saturated carbocycles. The number of carboxylic acid groups (broad SMARTS) is 1. The second-order valence-corrected chi connectivity index (χ2v) is 11.5. The Bertz CT molecular complexity index is 1460. The molecule has 1 fully saturated rings. The van der Waals surface area contributed by atoms with Gasteiger partial charge in [0, 0.05) is 27.7 Å². The van der Waals surface area contributed by atoms with Crippen molar-refractivity contribution >= 4 is 46.7 Å². The molecule has 2 N–H and O–H groups in total. The number of benzene rings is 3. The molecule has 0 bridgehead atoms. The smallest absolute Gasteiger partial charge is 0.305 e. The molecule has 0 radical (unpaired) electrons. The molecule has 212 valence electrons. The van der Waals surface area contributed by atoms with E-state index in [0.717, 1.165) is 18.4 Å². The highest BCUT2D eigenvalue weighted by Crippen LogP contribution is 2.48. The summed E-state index contributed by atoms with van der Waals surface area (Å²) >= 11 is 12.6. The minimum absolute atomic E-state index is 0.0503. The van der Waals surface area contributed by atoms with Gasteiger partial charge in [-0.15, -0.1) is 0 Å². The topological polar surface area (TPSA) is 99.1 Å². The SMILES string of the molecule is C[C@H](c1ccc(C(=O)NCCC(=O)O)cc1)N1C(=O)C(c2cc(Cl)cc(Cl)c2)=NC12CCC(c1ccccc1)CC2. The normalized spacial score (nSPS) is 21.0. The first-order chi connectivity index (χ1) is 19.7. The zero-order chi connectivity index (χ0) is 29.1. The third-order valence-electron chi connectivity index (χ3n) is 8.05. The zero-order valence-corrected chi connectivity index (χ0v) is 24.2. The number of hydrogen-bond donors (Lipinski definition) is 2. The van der Waals surface area contributed by atoms with Crippen molar-refractivity contribution in [1.29, 1.82) is 0 Å². The highest BCUT2D eigenvalue weighted by Gasteiger charge is 2.51. The van der Waals surface area contributed by atoms with Crippen molar-refractivity contribution in [3.63, 3.8) is 0 Å². The lowest BCUT2D eigenvalue weighted by Crippen LogP contribution is -2.50. The van der Waals surface area contributed by atoms with E-state index in [1.807, 2.05) is 30.0 Å². The van der Waals surface area contributed by atoms with Crippen molar-refractivity contribution in [1.82, 2.24) is 10.2 Å². The first kappa shape index (κ1) is 28.8. The lowest BCUT2D eigenvalue weighted by atomic mass is 9.77. The van der Waals surface area contributed by atoms with E-state index in [1.54, 1.807) is 30.3 Å². The number of halogens is 2. The summed E-state index contributed by atoms with van der Waals surface area (Å²) in [6, 6.07) is 22.3. The van der Waals surface area contributed by atoms with Crippen LogP contribution in [0, 0.1) is 0 Å². The van der Waals surface area contributed by atoms with Crippen LogP contribution in [0.15, 0.2) is 77.8 Å². The number of aliphatic imine (C=N–C) groups is 1. The van der Waals surface area contributed by atoms with Crippen LogP contribution in [-0.2, 0) is 9.59 Å². The quantitative estimate of drug-likeness (QED) is 0.306. The summed E-state index contributed by atoms with van der Waals surface area (Å²) < 4.78 is 0. The van der Waals surface area contributed by atoms with Crippen molar-refractivity contribution in [3.8, 4) is 0 Å². The van der Waals surface area contributed by atoms with Gasteiger partial charge in [0.15, 0.2) is 0 Å². The van der Waals surface area contributed by atoms with Crippen molar-refractivity contribution < 1.29 is 19.5 Å². The van der Waals surface area contributed by atoms with E-state index in [2.05, 4.69) is 29.6 Å². The van der Waals surface area contributed by atoms with Gasteiger partial charge in [0.1, 0.15) is 11.4 Å². The third kappa shape index (κ3) is 6.16. The Hall–Kier alpha value is -3.68. The minimum atomic E-state index is -0.974. The van der Waals surface area contributed by atoms with Crippen LogP contribution in [-0.4, -0.2) is 45.7 Å². The van der Waals surface area contributed by atoms with E-state index in [0.29, 0.717) is 45.6 Å². The molecule has 1 heterocycles. The lowest BCUT2D eigenvalue weighted by Gasteiger charge is -2.44. The fraction of sp³-hybridized carbons (Fsp3) is 0.312. The van der Waals surface area contributed by atoms with Crippen molar-refractivity contribution in [2.45, 2.75) is 56.7 Å². The molecule has 1 aliphatic heterocycles. The van der Waals surface area contributed by atoms with Gasteiger partial charge in [0.05, 0.1) is 12.5 Å². The standard InChI is InChI=1S/C32H31Cl2N3O4/c1-20(21-7-9-24(10-8-21)30(40)35-16-13-28(38)39)37-31(41)29(25-17-26(33)19-27(34)18-25)36-32(37)14-11-23(12-15-32)22-5-3-2-4-6-22/h2-10,17-20,23H,11-16H2,1H3,(H,35,40)(H,38,39)/t20-,23?,32?/m1/s1. The second-order valence-electron chi connectivity index (χ2n) is 10.7. The minimum Gasteiger partial charge on any atom is -0.481 e. The number of hydrogen-bond acceptors (Lipinski definition) is 4. The Morgan fingerprint density at radius 2 is 1.66 bits per heavy atom. The summed E-state index contributed by atoms with van der Waals surface area (Å²) in [6.07, 6.45) is 3.06. The Labute approximate surface area is 249 Å². The summed E-state index contributed by atoms with van der Waals surface area (Å²) in [5.74, 6) is -1.10. The van der Waals surface area contributed by atoms with E-state index in [1.165, 1.54) is 5.56 Å². The summed E-state index contributed by atoms with van der Waals surface area (Å²) in [5, 5.41) is 12.3. The zero-order valence-electron chi connectivity index (χ0n) is 22.6. The molecule has 1 spiro atoms. The Kier molecular flexibility index (Phi) is 8.47. The average Bonchev–Trinajstić information content (AvgIpc) is 3.24. The molecule has 0 aromatic heterocycles. The van der Waals surface area contributed by atoms with Gasteiger partial charge < -0.3 is 15.3 Å². The van der Waals surface area contributed by atoms with Gasteiger partial charge in [0.25, 0.3) is 11.8 Å². The monoisotopic (exact) mass is 591 g/mol. The summed E-state index contributed by atoms with van der Waals surface area (Å²) in [4.78, 5) is 44.3. The largest absolute Gasteiger partial charge is 0.481 e. The van der Waals surface area contributed by atoms with Gasteiger partial charge in [-0.25, -0.2) is 0 Å². The molecule has 3 aromatic carbocycles. The van der Waals surface area contributed by atoms with Crippen LogP contribution >= 0.6 is 23.2 Å². The number of amides is 2. The van der Waals surface area contributed by atoms with Crippen LogP contribution in [0.4, 0.5) is 0 Å². The van der Waals surface area contributed by atoms with Crippen molar-refractivity contribution in [2.24, 2.45) is 4.99 Å². The second kappa shape index (κ2) is 12.0. The van der Waals surface area contributed by atoms with Gasteiger partial charge in [-0.3, -0.25) is 19.4 Å². The molecular formula is C32H31Cl2N3O4. The van der Waals surface area contributed by atoms with Gasteiger partial charge in [-0.1, -0.05) is 65.7 Å². The van der Waals surface area contributed by atoms with Crippen LogP contribution in [0.3, 0.4) is 0 Å². The average molecular weight is 593 g/mol. The Morgan fingerprint density at radius 1 is 1.02 bits per heavy atom. The van der Waals surface area contributed by atoms with E-state index in [-0.39, 0.29) is 30.8 Å². The van der Waals surface area contributed by atoms with E-state index in [9.17, 15) is 14.4 Å². The predicted octanol–water partition coefficient (Wildman–Crippen LogP) is 6.64. The fourth-order valence-electron chi connectivity index (χ4n) is 5.97. The number of nitrogens with one attached hydrogen (secondary N) is 1. The fourth-order valence-corrected chi connectivity index (χ4v) is 6.49. The summed E-state index contributed by atoms with van der Waals surface area (Å²) in [5.41, 5.74) is 2.83. The molecular weight excluding hydrogens is 561 g/mol. The number of carbonyl (C=O) groups is 3. The molecule has 1 atom stereocenters. The number of nitrogens with zero attached hydrogens (tertiary/aromatic N) is 2. The number of aliphatic carboxylic acids is 1. The van der Waals surface area contributed by atoms with Crippen molar-refractivity contribution in [2.75, 3.05) is 6.54 Å². The molecule has 0 unspecified atom stereocenters. The molecule has 0 saturated heterocycles. The van der Waals surface area contributed by atoms with Gasteiger partial charge in [-0.2, -0.15) is 0 Å². The van der Waals surface area contributed by atoms with E-state index < -0.39 is 11.6 Å². The first-order valence-corrected chi connectivity index (χ1v) is 14.5. The van der Waals surface area contributed by atoms with Crippen LogP contribution < -0.4 is 5.32 Å². The molecule has 2 aliphatic rings. The maximum Gasteiger partial charge on any atom is 0.305 e. The molecule has 2 amide bonds. The predicted molar refractivity (Wildman–Crippen MR) is 160 cm³/mol. The van der Waals surface area contributed by atoms with Crippen LogP contribution in [0.5, 0.6) is 0 Å². The molecule has 41 heavy (non-hydrogen) atoms. The lowest BCUT2D eigenvalue weighted by molar-refractivity contribution is -0.137. The highest BCUT2D eigenvalue weighted by atomic mass is 35.5. The number of carbonyl (C=O) groups excluding carboxylic acids is 2. The summed E-state index contributed by atoms with van der Waals surface area (Å²) in [7, 11) is 0. The van der Waals surface area contributed by atoms with Crippen LogP contribution in [0.25, 0.3) is 0 Å². The van der Waals surface area contributed by atoms with Gasteiger partial charge >= 0.3 is 5.97 Å². The number of rotatable bonds is 8.